The van der Waals surface area contributed by atoms with Crippen LogP contribution >= 0.6 is 0 Å². The van der Waals surface area contributed by atoms with Gasteiger partial charge < -0.3 is 10.2 Å². The summed E-state index contributed by atoms with van der Waals surface area (Å²) in [6.07, 6.45) is 4.74. The third kappa shape index (κ3) is 6.03. The second-order valence-corrected chi connectivity index (χ2v) is 8.59. The lowest BCUT2D eigenvalue weighted by atomic mass is 10.1. The smallest absolute Gasteiger partial charge is 0.241 e. The van der Waals surface area contributed by atoms with Crippen molar-refractivity contribution in [1.29, 1.82) is 0 Å². The molecule has 2 fully saturated rings. The Labute approximate surface area is 175 Å². The van der Waals surface area contributed by atoms with Crippen LogP contribution in [-0.4, -0.2) is 78.4 Å². The number of anilines is 1. The van der Waals surface area contributed by atoms with E-state index >= 15 is 0 Å². The van der Waals surface area contributed by atoms with Crippen LogP contribution < -0.4 is 5.32 Å². The monoisotopic (exact) mass is 400 g/mol. The predicted molar refractivity (Wildman–Crippen MR) is 117 cm³/mol. The molecule has 0 spiro atoms. The van der Waals surface area contributed by atoms with Crippen molar-refractivity contribution >= 4 is 17.5 Å². The molecule has 0 aromatic heterocycles. The van der Waals surface area contributed by atoms with Gasteiger partial charge in [-0.15, -0.1) is 0 Å². The van der Waals surface area contributed by atoms with Gasteiger partial charge in [-0.1, -0.05) is 30.5 Å². The summed E-state index contributed by atoms with van der Waals surface area (Å²) >= 11 is 0. The molecule has 0 bridgehead atoms. The molecule has 3 rings (SSSR count). The summed E-state index contributed by atoms with van der Waals surface area (Å²) in [5.74, 6) is 0.298. The molecule has 2 heterocycles. The van der Waals surface area contributed by atoms with E-state index in [1.807, 2.05) is 30.9 Å². The third-order valence-corrected chi connectivity index (χ3v) is 6.29. The van der Waals surface area contributed by atoms with Crippen molar-refractivity contribution in [3.05, 3.63) is 29.3 Å². The van der Waals surface area contributed by atoms with Gasteiger partial charge >= 0.3 is 0 Å². The van der Waals surface area contributed by atoms with Gasteiger partial charge in [0.05, 0.1) is 12.6 Å². The van der Waals surface area contributed by atoms with Gasteiger partial charge in [0.15, 0.2) is 0 Å². The summed E-state index contributed by atoms with van der Waals surface area (Å²) in [7, 11) is 0. The Morgan fingerprint density at radius 3 is 2.24 bits per heavy atom. The number of likely N-dealkylation sites (tertiary alicyclic amines) is 1. The molecule has 0 radical (unpaired) electrons. The topological polar surface area (TPSA) is 55.9 Å². The third-order valence-electron chi connectivity index (χ3n) is 6.29. The van der Waals surface area contributed by atoms with Crippen LogP contribution in [0.25, 0.3) is 0 Å². The molecule has 2 saturated heterocycles. The van der Waals surface area contributed by atoms with Crippen molar-refractivity contribution < 1.29 is 9.59 Å². The summed E-state index contributed by atoms with van der Waals surface area (Å²) in [5.41, 5.74) is 3.16. The number of rotatable bonds is 5. The molecule has 0 aliphatic carbocycles. The molecule has 1 unspecified atom stereocenters. The van der Waals surface area contributed by atoms with E-state index in [-0.39, 0.29) is 17.9 Å². The van der Waals surface area contributed by atoms with Gasteiger partial charge in [-0.25, -0.2) is 0 Å². The van der Waals surface area contributed by atoms with Crippen LogP contribution in [0.3, 0.4) is 0 Å². The Balaban J connectivity index is 1.45. The second kappa shape index (κ2) is 10.2. The van der Waals surface area contributed by atoms with Gasteiger partial charge in [0.1, 0.15) is 0 Å². The maximum absolute atomic E-state index is 12.7. The zero-order valence-electron chi connectivity index (χ0n) is 18.2. The second-order valence-electron chi connectivity index (χ2n) is 8.59. The summed E-state index contributed by atoms with van der Waals surface area (Å²) in [5, 5.41) is 3.07. The normalized spacial score (nSPS) is 20.2. The first kappa shape index (κ1) is 21.8. The minimum Gasteiger partial charge on any atom is -0.342 e. The summed E-state index contributed by atoms with van der Waals surface area (Å²) < 4.78 is 0. The average Bonchev–Trinajstić information content (AvgIpc) is 3.00. The fourth-order valence-electron chi connectivity index (χ4n) is 4.28. The van der Waals surface area contributed by atoms with Gasteiger partial charge in [-0.05, 0) is 45.2 Å². The van der Waals surface area contributed by atoms with Gasteiger partial charge in [-0.3, -0.25) is 19.4 Å². The SMILES string of the molecule is Cc1ccc(NC(=O)C(C)N2CCN(CC(=O)N3CCCCCC3)CC2)c(C)c1. The van der Waals surface area contributed by atoms with Crippen molar-refractivity contribution in [2.45, 2.75) is 52.5 Å². The molecule has 6 nitrogen and oxygen atoms in total. The van der Waals surface area contributed by atoms with Crippen molar-refractivity contribution in [3.8, 4) is 0 Å². The van der Waals surface area contributed by atoms with Crippen molar-refractivity contribution in [2.24, 2.45) is 0 Å². The number of aryl methyl sites for hydroxylation is 2. The number of hydrogen-bond acceptors (Lipinski definition) is 4. The van der Waals surface area contributed by atoms with Gasteiger partial charge in [0, 0.05) is 45.0 Å². The minimum atomic E-state index is -0.181. The fourth-order valence-corrected chi connectivity index (χ4v) is 4.28. The maximum Gasteiger partial charge on any atom is 0.241 e. The molecule has 2 aliphatic rings. The molecule has 29 heavy (non-hydrogen) atoms. The highest BCUT2D eigenvalue weighted by Crippen LogP contribution is 2.17. The quantitative estimate of drug-likeness (QED) is 0.826. The van der Waals surface area contributed by atoms with E-state index in [0.29, 0.717) is 6.54 Å². The van der Waals surface area contributed by atoms with Crippen LogP contribution in [0.1, 0.15) is 43.7 Å². The van der Waals surface area contributed by atoms with Gasteiger partial charge in [-0.2, -0.15) is 0 Å². The maximum atomic E-state index is 12.7. The Bertz CT molecular complexity index is 705. The number of nitrogens with zero attached hydrogens (tertiary/aromatic N) is 3. The molecule has 160 valence electrons. The largest absolute Gasteiger partial charge is 0.342 e. The number of carbonyl (C=O) groups excluding carboxylic acids is 2. The van der Waals surface area contributed by atoms with Crippen molar-refractivity contribution in [1.82, 2.24) is 14.7 Å². The van der Waals surface area contributed by atoms with Crippen molar-refractivity contribution in [2.75, 3.05) is 51.1 Å². The molecular formula is C23H36N4O2. The molecule has 1 aromatic rings. The zero-order chi connectivity index (χ0) is 20.8. The molecule has 2 aliphatic heterocycles. The lowest BCUT2D eigenvalue weighted by Gasteiger charge is -2.37. The van der Waals surface area contributed by atoms with E-state index in [1.54, 1.807) is 0 Å². The van der Waals surface area contributed by atoms with E-state index < -0.39 is 0 Å². The average molecular weight is 401 g/mol. The summed E-state index contributed by atoms with van der Waals surface area (Å²) in [6, 6.07) is 5.90. The Morgan fingerprint density at radius 2 is 1.62 bits per heavy atom. The molecule has 1 N–H and O–H groups in total. The molecule has 1 atom stereocenters. The highest BCUT2D eigenvalue weighted by molar-refractivity contribution is 5.95. The van der Waals surface area contributed by atoms with Crippen LogP contribution in [0.5, 0.6) is 0 Å². The van der Waals surface area contributed by atoms with E-state index in [1.165, 1.54) is 18.4 Å². The number of piperazine rings is 1. The number of benzene rings is 1. The van der Waals surface area contributed by atoms with Gasteiger partial charge in [0.25, 0.3) is 0 Å². The fraction of sp³-hybridized carbons (Fsp3) is 0.652. The Kier molecular flexibility index (Phi) is 7.67. The predicted octanol–water partition coefficient (Wildman–Crippen LogP) is 2.65. The highest BCUT2D eigenvalue weighted by atomic mass is 16.2. The van der Waals surface area contributed by atoms with E-state index in [0.717, 1.165) is 63.4 Å². The first-order valence-corrected chi connectivity index (χ1v) is 11.1. The lowest BCUT2D eigenvalue weighted by Crippen LogP contribution is -2.54. The summed E-state index contributed by atoms with van der Waals surface area (Å²) in [6.45, 7) is 11.7. The van der Waals surface area contributed by atoms with Crippen LogP contribution in [0.2, 0.25) is 0 Å². The number of nitrogens with one attached hydrogen (secondary N) is 1. The highest BCUT2D eigenvalue weighted by Gasteiger charge is 2.27. The van der Waals surface area contributed by atoms with Crippen LogP contribution in [0.15, 0.2) is 18.2 Å². The van der Waals surface area contributed by atoms with Crippen LogP contribution in [0, 0.1) is 13.8 Å². The number of amides is 2. The lowest BCUT2D eigenvalue weighted by molar-refractivity contribution is -0.133. The zero-order valence-corrected chi connectivity index (χ0v) is 18.2. The van der Waals surface area contributed by atoms with E-state index in [4.69, 9.17) is 0 Å². The van der Waals surface area contributed by atoms with Gasteiger partial charge in [0.2, 0.25) is 11.8 Å². The minimum absolute atomic E-state index is 0.0334. The molecule has 2 amide bonds. The van der Waals surface area contributed by atoms with E-state index in [9.17, 15) is 9.59 Å². The van der Waals surface area contributed by atoms with Crippen molar-refractivity contribution in [3.63, 3.8) is 0 Å². The number of hydrogen-bond donors (Lipinski definition) is 1. The Morgan fingerprint density at radius 1 is 0.966 bits per heavy atom. The molecular weight excluding hydrogens is 364 g/mol. The first-order valence-electron chi connectivity index (χ1n) is 11.1. The Hall–Kier alpha value is -1.92. The summed E-state index contributed by atoms with van der Waals surface area (Å²) in [4.78, 5) is 31.8. The first-order chi connectivity index (χ1) is 13.9. The standard InChI is InChI=1S/C23H36N4O2/c1-18-8-9-21(19(2)16-18)24-23(29)20(3)26-14-12-25(13-15-26)17-22(28)27-10-6-4-5-7-11-27/h8-9,16,20H,4-7,10-15,17H2,1-3H3,(H,24,29). The van der Waals surface area contributed by atoms with E-state index in [2.05, 4.69) is 28.1 Å². The van der Waals surface area contributed by atoms with Crippen LogP contribution in [-0.2, 0) is 9.59 Å². The molecule has 1 aromatic carbocycles. The number of carbonyl (C=O) groups is 2. The van der Waals surface area contributed by atoms with Crippen LogP contribution in [0.4, 0.5) is 5.69 Å². The molecule has 6 heteroatoms. The molecule has 0 saturated carbocycles.